The Labute approximate surface area is 222 Å². The molecule has 0 saturated carbocycles. The maximum absolute atomic E-state index is 15.5. The molecular weight excluding hydrogens is 507 g/mol. The first-order valence-corrected chi connectivity index (χ1v) is 12.6. The summed E-state index contributed by atoms with van der Waals surface area (Å²) < 4.78 is 50.6. The molecule has 12 heteroatoms. The second-order valence-corrected chi connectivity index (χ2v) is 9.99. The molecule has 9 nitrogen and oxygen atoms in total. The van der Waals surface area contributed by atoms with Crippen LogP contribution in [-0.2, 0) is 12.5 Å². The Hall–Kier alpha value is -4.48. The number of anilines is 2. The van der Waals surface area contributed by atoms with Gasteiger partial charge in [0.25, 0.3) is 0 Å². The topological polar surface area (TPSA) is 91.3 Å². The SMILES string of the molecule is Cc1cnc(Nc2ccnn2C(C)C)nc1-c1cc2n(c1)C[C@H](C)n1c-2nnc1C(F)(F)c1ccccc1F. The molecule has 0 fully saturated rings. The molecule has 1 N–H and O–H groups in total. The quantitative estimate of drug-likeness (QED) is 0.293. The molecular formula is C27H26F3N9. The zero-order valence-corrected chi connectivity index (χ0v) is 21.8. The summed E-state index contributed by atoms with van der Waals surface area (Å²) in [6.07, 6.45) is 5.37. The fourth-order valence-corrected chi connectivity index (χ4v) is 5.01. The molecule has 1 aromatic carbocycles. The number of nitrogens with zero attached hydrogens (tertiary/aromatic N) is 8. The lowest BCUT2D eigenvalue weighted by Crippen LogP contribution is -2.28. The number of nitrogens with one attached hydrogen (secondary N) is 1. The first-order valence-electron chi connectivity index (χ1n) is 12.6. The molecule has 39 heavy (non-hydrogen) atoms. The minimum absolute atomic E-state index is 0.153. The molecule has 0 saturated heterocycles. The maximum Gasteiger partial charge on any atom is 0.334 e. The van der Waals surface area contributed by atoms with Crippen molar-refractivity contribution in [3.63, 3.8) is 0 Å². The van der Waals surface area contributed by atoms with E-state index in [9.17, 15) is 4.39 Å². The van der Waals surface area contributed by atoms with Crippen LogP contribution < -0.4 is 5.32 Å². The lowest BCUT2D eigenvalue weighted by atomic mass is 10.1. The van der Waals surface area contributed by atoms with Crippen LogP contribution >= 0.6 is 0 Å². The first-order chi connectivity index (χ1) is 18.6. The van der Waals surface area contributed by atoms with Gasteiger partial charge in [0.05, 0.1) is 29.2 Å². The van der Waals surface area contributed by atoms with Crippen LogP contribution in [0.5, 0.6) is 0 Å². The Kier molecular flexibility index (Phi) is 5.77. The summed E-state index contributed by atoms with van der Waals surface area (Å²) in [5.41, 5.74) is 2.22. The third kappa shape index (κ3) is 4.06. The molecule has 0 amide bonds. The largest absolute Gasteiger partial charge is 0.342 e. The maximum atomic E-state index is 15.5. The van der Waals surface area contributed by atoms with E-state index in [0.717, 1.165) is 29.1 Å². The van der Waals surface area contributed by atoms with Crippen LogP contribution in [-0.4, -0.2) is 39.1 Å². The number of hydrogen-bond acceptors (Lipinski definition) is 6. The smallest absolute Gasteiger partial charge is 0.334 e. The molecule has 0 unspecified atom stereocenters. The van der Waals surface area contributed by atoms with Gasteiger partial charge in [-0.05, 0) is 51.5 Å². The summed E-state index contributed by atoms with van der Waals surface area (Å²) in [7, 11) is 0. The first kappa shape index (κ1) is 24.8. The predicted molar refractivity (Wildman–Crippen MR) is 139 cm³/mol. The Morgan fingerprint density at radius 2 is 1.92 bits per heavy atom. The van der Waals surface area contributed by atoms with E-state index in [1.165, 1.54) is 16.7 Å². The van der Waals surface area contributed by atoms with Crippen molar-refractivity contribution < 1.29 is 13.2 Å². The molecule has 5 aromatic rings. The van der Waals surface area contributed by atoms with E-state index in [1.807, 2.05) is 55.3 Å². The molecule has 4 aromatic heterocycles. The van der Waals surface area contributed by atoms with Crippen molar-refractivity contribution in [3.05, 3.63) is 77.8 Å². The zero-order valence-electron chi connectivity index (χ0n) is 21.8. The van der Waals surface area contributed by atoms with E-state index in [4.69, 9.17) is 4.98 Å². The highest BCUT2D eigenvalue weighted by Crippen LogP contribution is 2.42. The van der Waals surface area contributed by atoms with Crippen molar-refractivity contribution in [2.45, 2.75) is 52.2 Å². The van der Waals surface area contributed by atoms with Gasteiger partial charge in [-0.2, -0.15) is 13.9 Å². The second kappa shape index (κ2) is 9.07. The number of aryl methyl sites for hydroxylation is 1. The lowest BCUT2D eigenvalue weighted by Gasteiger charge is -2.27. The standard InChI is InChI=1S/C27H26F3N9/c1-15(2)39-22(9-10-32-39)33-26-31-12-16(3)23(34-26)18-11-21-24-35-36-25(38(24)17(4)13-37(21)14-18)27(29,30)19-7-5-6-8-20(19)28/h5-12,14-15,17H,13H2,1-4H3,(H,31,33,34)/t17-/m0/s1. The lowest BCUT2D eigenvalue weighted by molar-refractivity contribution is 0.0231. The monoisotopic (exact) mass is 533 g/mol. The molecule has 1 aliphatic heterocycles. The summed E-state index contributed by atoms with van der Waals surface area (Å²) in [5, 5.41) is 15.5. The van der Waals surface area contributed by atoms with Gasteiger partial charge in [0.1, 0.15) is 11.6 Å². The van der Waals surface area contributed by atoms with Crippen molar-refractivity contribution >= 4 is 11.8 Å². The van der Waals surface area contributed by atoms with Gasteiger partial charge in [-0.25, -0.2) is 19.0 Å². The minimum Gasteiger partial charge on any atom is -0.342 e. The van der Waals surface area contributed by atoms with E-state index >= 15 is 8.78 Å². The van der Waals surface area contributed by atoms with E-state index in [1.54, 1.807) is 12.4 Å². The number of benzene rings is 1. The fourth-order valence-electron chi connectivity index (χ4n) is 5.01. The van der Waals surface area contributed by atoms with E-state index in [-0.39, 0.29) is 11.9 Å². The highest BCUT2D eigenvalue weighted by molar-refractivity contribution is 5.71. The van der Waals surface area contributed by atoms with Crippen LogP contribution in [0.2, 0.25) is 0 Å². The molecule has 0 bridgehead atoms. The van der Waals surface area contributed by atoms with Crippen LogP contribution in [0.25, 0.3) is 22.8 Å². The molecule has 200 valence electrons. The number of fused-ring (bicyclic) bond motifs is 3. The molecule has 1 atom stereocenters. The average Bonchev–Trinajstić information content (AvgIpc) is 3.63. The second-order valence-electron chi connectivity index (χ2n) is 9.99. The Morgan fingerprint density at radius 3 is 2.69 bits per heavy atom. The van der Waals surface area contributed by atoms with Crippen molar-refractivity contribution in [3.8, 4) is 22.8 Å². The summed E-state index contributed by atoms with van der Waals surface area (Å²) in [4.78, 5) is 9.17. The van der Waals surface area contributed by atoms with Crippen LogP contribution in [0.4, 0.5) is 24.9 Å². The third-order valence-corrected chi connectivity index (χ3v) is 6.86. The van der Waals surface area contributed by atoms with Crippen LogP contribution in [0.3, 0.4) is 0 Å². The zero-order chi connectivity index (χ0) is 27.5. The average molecular weight is 534 g/mol. The molecule has 6 rings (SSSR count). The molecule has 0 radical (unpaired) electrons. The van der Waals surface area contributed by atoms with Crippen molar-refractivity contribution in [2.75, 3.05) is 5.32 Å². The molecule has 0 aliphatic carbocycles. The summed E-state index contributed by atoms with van der Waals surface area (Å²) in [6, 6.07) is 8.31. The van der Waals surface area contributed by atoms with E-state index < -0.39 is 29.2 Å². The number of rotatable bonds is 6. The Morgan fingerprint density at radius 1 is 1.13 bits per heavy atom. The summed E-state index contributed by atoms with van der Waals surface area (Å²) >= 11 is 0. The fraction of sp³-hybridized carbons (Fsp3) is 0.296. The number of hydrogen-bond donors (Lipinski definition) is 1. The van der Waals surface area contributed by atoms with E-state index in [2.05, 4.69) is 25.6 Å². The van der Waals surface area contributed by atoms with Gasteiger partial charge in [0.2, 0.25) is 11.8 Å². The Balaban J connectivity index is 1.38. The van der Waals surface area contributed by atoms with Crippen molar-refractivity contribution in [1.82, 2.24) is 39.1 Å². The molecule has 0 spiro atoms. The summed E-state index contributed by atoms with van der Waals surface area (Å²) in [6.45, 7) is 8.19. The van der Waals surface area contributed by atoms with Crippen LogP contribution in [0.15, 0.2) is 55.0 Å². The normalized spacial score (nSPS) is 14.9. The van der Waals surface area contributed by atoms with Gasteiger partial charge >= 0.3 is 5.92 Å². The predicted octanol–water partition coefficient (Wildman–Crippen LogP) is 5.89. The highest BCUT2D eigenvalue weighted by atomic mass is 19.3. The number of aromatic nitrogens is 8. The van der Waals surface area contributed by atoms with Crippen molar-refractivity contribution in [1.29, 1.82) is 0 Å². The third-order valence-electron chi connectivity index (χ3n) is 6.86. The molecule has 1 aliphatic rings. The minimum atomic E-state index is -3.66. The van der Waals surface area contributed by atoms with E-state index in [0.29, 0.717) is 23.9 Å². The van der Waals surface area contributed by atoms with Crippen molar-refractivity contribution in [2.24, 2.45) is 0 Å². The van der Waals surface area contributed by atoms with Crippen LogP contribution in [0, 0.1) is 12.7 Å². The van der Waals surface area contributed by atoms with Gasteiger partial charge < -0.3 is 9.88 Å². The Bertz CT molecular complexity index is 1680. The van der Waals surface area contributed by atoms with Gasteiger partial charge in [-0.15, -0.1) is 10.2 Å². The highest BCUT2D eigenvalue weighted by Gasteiger charge is 2.44. The van der Waals surface area contributed by atoms with Gasteiger partial charge in [-0.1, -0.05) is 12.1 Å². The van der Waals surface area contributed by atoms with Gasteiger partial charge in [-0.3, -0.25) is 4.57 Å². The summed E-state index contributed by atoms with van der Waals surface area (Å²) in [5.74, 6) is -3.78. The van der Waals surface area contributed by atoms with Gasteiger partial charge in [0.15, 0.2) is 5.82 Å². The van der Waals surface area contributed by atoms with Gasteiger partial charge in [0, 0.05) is 36.6 Å². The number of alkyl halides is 2. The number of halogens is 3. The van der Waals surface area contributed by atoms with Crippen LogP contribution in [0.1, 0.15) is 49.8 Å². The molecule has 5 heterocycles.